The van der Waals surface area contributed by atoms with E-state index >= 15 is 0 Å². The second-order valence-corrected chi connectivity index (χ2v) is 5.72. The zero-order valence-electron chi connectivity index (χ0n) is 12.0. The van der Waals surface area contributed by atoms with Crippen molar-refractivity contribution in [3.63, 3.8) is 0 Å². The molecule has 1 aromatic heterocycles. The van der Waals surface area contributed by atoms with Crippen LogP contribution in [0.25, 0.3) is 22.0 Å². The first-order valence-electron chi connectivity index (χ1n) is 7.16. The minimum absolute atomic E-state index is 0.684. The lowest BCUT2D eigenvalue weighted by Crippen LogP contribution is -1.94. The number of nitrogens with zero attached hydrogens (tertiary/aromatic N) is 1. The van der Waals surface area contributed by atoms with Crippen LogP contribution in [0, 0.1) is 5.92 Å². The Morgan fingerprint density at radius 3 is 2.45 bits per heavy atom. The van der Waals surface area contributed by atoms with Gasteiger partial charge in [-0.3, -0.25) is 4.98 Å². The summed E-state index contributed by atoms with van der Waals surface area (Å²) in [6.45, 7) is 4.50. The molecule has 0 aliphatic rings. The average Bonchev–Trinajstić information content (AvgIpc) is 2.47. The molecule has 1 heterocycles. The zero-order valence-corrected chi connectivity index (χ0v) is 12.0. The third-order valence-corrected chi connectivity index (χ3v) is 3.50. The van der Waals surface area contributed by atoms with Crippen LogP contribution in [0.5, 0.6) is 0 Å². The maximum atomic E-state index is 4.60. The molecule has 3 rings (SSSR count). The molecule has 0 amide bonds. The highest BCUT2D eigenvalue weighted by Crippen LogP contribution is 2.23. The van der Waals surface area contributed by atoms with Gasteiger partial charge in [-0.05, 0) is 35.4 Å². The molecule has 0 aliphatic heterocycles. The van der Waals surface area contributed by atoms with Crippen LogP contribution in [0.1, 0.15) is 19.4 Å². The van der Waals surface area contributed by atoms with Crippen molar-refractivity contribution in [1.82, 2.24) is 4.98 Å². The Kier molecular flexibility index (Phi) is 3.51. The maximum Gasteiger partial charge on any atom is 0.0708 e. The number of benzene rings is 2. The Bertz CT molecular complexity index is 714. The molecule has 2 aromatic carbocycles. The Morgan fingerprint density at radius 1 is 0.900 bits per heavy atom. The minimum Gasteiger partial charge on any atom is -0.256 e. The molecule has 0 saturated carbocycles. The number of aromatic nitrogens is 1. The molecule has 20 heavy (non-hydrogen) atoms. The van der Waals surface area contributed by atoms with Crippen LogP contribution in [0.2, 0.25) is 0 Å². The molecular weight excluding hydrogens is 242 g/mol. The molecule has 0 radical (unpaired) electrons. The molecule has 0 atom stereocenters. The fourth-order valence-electron chi connectivity index (χ4n) is 2.56. The molecule has 1 heteroatoms. The Hall–Kier alpha value is -2.15. The SMILES string of the molecule is CC(C)Cc1ccc2cc(-c3ccccc3)ncc2c1. The summed E-state index contributed by atoms with van der Waals surface area (Å²) in [6.07, 6.45) is 3.11. The maximum absolute atomic E-state index is 4.60. The monoisotopic (exact) mass is 261 g/mol. The lowest BCUT2D eigenvalue weighted by atomic mass is 10.00. The van der Waals surface area contributed by atoms with E-state index in [1.807, 2.05) is 24.4 Å². The molecule has 0 unspecified atom stereocenters. The fourth-order valence-corrected chi connectivity index (χ4v) is 2.56. The van der Waals surface area contributed by atoms with Gasteiger partial charge in [-0.1, -0.05) is 56.3 Å². The molecule has 3 aromatic rings. The molecular formula is C19H19N. The van der Waals surface area contributed by atoms with Gasteiger partial charge in [-0.2, -0.15) is 0 Å². The van der Waals surface area contributed by atoms with E-state index in [0.29, 0.717) is 5.92 Å². The van der Waals surface area contributed by atoms with Gasteiger partial charge in [0.1, 0.15) is 0 Å². The van der Waals surface area contributed by atoms with Gasteiger partial charge in [-0.15, -0.1) is 0 Å². The van der Waals surface area contributed by atoms with Gasteiger partial charge in [0.05, 0.1) is 5.69 Å². The quantitative estimate of drug-likeness (QED) is 0.639. The van der Waals surface area contributed by atoms with Crippen molar-refractivity contribution in [2.24, 2.45) is 5.92 Å². The van der Waals surface area contributed by atoms with Crippen molar-refractivity contribution in [3.8, 4) is 11.3 Å². The van der Waals surface area contributed by atoms with Gasteiger partial charge >= 0.3 is 0 Å². The van der Waals surface area contributed by atoms with E-state index in [4.69, 9.17) is 0 Å². The molecule has 0 spiro atoms. The normalized spacial score (nSPS) is 11.2. The summed E-state index contributed by atoms with van der Waals surface area (Å²) >= 11 is 0. The van der Waals surface area contributed by atoms with Crippen molar-refractivity contribution in [2.75, 3.05) is 0 Å². The van der Waals surface area contributed by atoms with E-state index in [1.54, 1.807) is 0 Å². The average molecular weight is 261 g/mol. The second-order valence-electron chi connectivity index (χ2n) is 5.72. The van der Waals surface area contributed by atoms with Crippen LogP contribution in [0.15, 0.2) is 60.8 Å². The van der Waals surface area contributed by atoms with Gasteiger partial charge in [0.2, 0.25) is 0 Å². The predicted octanol–water partition coefficient (Wildman–Crippen LogP) is 5.10. The summed E-state index contributed by atoms with van der Waals surface area (Å²) in [5.41, 5.74) is 3.59. The first kappa shape index (κ1) is 12.9. The summed E-state index contributed by atoms with van der Waals surface area (Å²) < 4.78 is 0. The van der Waals surface area contributed by atoms with E-state index in [9.17, 15) is 0 Å². The van der Waals surface area contributed by atoms with E-state index < -0.39 is 0 Å². The highest BCUT2D eigenvalue weighted by molar-refractivity contribution is 5.85. The van der Waals surface area contributed by atoms with Gasteiger partial charge in [-0.25, -0.2) is 0 Å². The van der Waals surface area contributed by atoms with Crippen molar-refractivity contribution >= 4 is 10.8 Å². The Balaban J connectivity index is 2.00. The molecule has 0 aliphatic carbocycles. The van der Waals surface area contributed by atoms with Crippen molar-refractivity contribution in [2.45, 2.75) is 20.3 Å². The van der Waals surface area contributed by atoms with E-state index in [2.05, 4.69) is 55.2 Å². The number of fused-ring (bicyclic) bond motifs is 1. The number of hydrogen-bond acceptors (Lipinski definition) is 1. The van der Waals surface area contributed by atoms with Crippen LogP contribution in [-0.4, -0.2) is 4.98 Å². The minimum atomic E-state index is 0.684. The van der Waals surface area contributed by atoms with Crippen molar-refractivity contribution in [1.29, 1.82) is 0 Å². The third-order valence-electron chi connectivity index (χ3n) is 3.50. The standard InChI is InChI=1S/C19H19N/c1-14(2)10-15-8-9-17-12-19(20-13-18(17)11-15)16-6-4-3-5-7-16/h3-9,11-14H,10H2,1-2H3. The van der Waals surface area contributed by atoms with Crippen LogP contribution in [0.4, 0.5) is 0 Å². The van der Waals surface area contributed by atoms with Crippen molar-refractivity contribution in [3.05, 3.63) is 66.4 Å². The number of hydrogen-bond donors (Lipinski definition) is 0. The van der Waals surface area contributed by atoms with Gasteiger partial charge < -0.3 is 0 Å². The summed E-state index contributed by atoms with van der Waals surface area (Å²) in [7, 11) is 0. The lowest BCUT2D eigenvalue weighted by molar-refractivity contribution is 0.648. The molecule has 0 N–H and O–H groups in total. The Morgan fingerprint density at radius 2 is 1.70 bits per heavy atom. The molecule has 1 nitrogen and oxygen atoms in total. The summed E-state index contributed by atoms with van der Waals surface area (Å²) in [5, 5.41) is 2.48. The molecule has 100 valence electrons. The largest absolute Gasteiger partial charge is 0.256 e. The summed E-state index contributed by atoms with van der Waals surface area (Å²) in [4.78, 5) is 4.60. The topological polar surface area (TPSA) is 12.9 Å². The smallest absolute Gasteiger partial charge is 0.0708 e. The predicted molar refractivity (Wildman–Crippen MR) is 85.7 cm³/mol. The molecule has 0 saturated heterocycles. The highest BCUT2D eigenvalue weighted by Gasteiger charge is 2.03. The first-order chi connectivity index (χ1) is 9.72. The fraction of sp³-hybridized carbons (Fsp3) is 0.211. The van der Waals surface area contributed by atoms with Gasteiger partial charge in [0.15, 0.2) is 0 Å². The van der Waals surface area contributed by atoms with Crippen molar-refractivity contribution < 1.29 is 0 Å². The van der Waals surface area contributed by atoms with Gasteiger partial charge in [0, 0.05) is 17.1 Å². The van der Waals surface area contributed by atoms with Crippen LogP contribution in [-0.2, 0) is 6.42 Å². The lowest BCUT2D eigenvalue weighted by Gasteiger charge is -2.07. The van der Waals surface area contributed by atoms with Crippen LogP contribution < -0.4 is 0 Å². The number of rotatable bonds is 3. The third kappa shape index (κ3) is 2.72. The molecule has 0 bridgehead atoms. The number of pyridine rings is 1. The van der Waals surface area contributed by atoms with Gasteiger partial charge in [0.25, 0.3) is 0 Å². The zero-order chi connectivity index (χ0) is 13.9. The highest BCUT2D eigenvalue weighted by atomic mass is 14.7. The van der Waals surface area contributed by atoms with E-state index in [1.165, 1.54) is 21.9 Å². The Labute approximate surface area is 120 Å². The van der Waals surface area contributed by atoms with E-state index in [-0.39, 0.29) is 0 Å². The van der Waals surface area contributed by atoms with Crippen LogP contribution in [0.3, 0.4) is 0 Å². The van der Waals surface area contributed by atoms with E-state index in [0.717, 1.165) is 12.1 Å². The second kappa shape index (κ2) is 5.46. The molecule has 0 fully saturated rings. The van der Waals surface area contributed by atoms with Crippen LogP contribution >= 0.6 is 0 Å². The summed E-state index contributed by atoms with van der Waals surface area (Å²) in [6, 6.07) is 19.2. The summed E-state index contributed by atoms with van der Waals surface area (Å²) in [5.74, 6) is 0.684. The first-order valence-corrected chi connectivity index (χ1v) is 7.16.